The van der Waals surface area contributed by atoms with Crippen molar-refractivity contribution >= 4 is 11.6 Å². The van der Waals surface area contributed by atoms with Gasteiger partial charge >= 0.3 is 0 Å². The highest BCUT2D eigenvalue weighted by Gasteiger charge is 2.51. The SMILES string of the molecule is CCOC1=CC(=O)C12CCC(=O)CC2. The van der Waals surface area contributed by atoms with Gasteiger partial charge in [0.15, 0.2) is 5.78 Å². The number of carbonyl (C=O) groups is 2. The number of ether oxygens (including phenoxy) is 1. The molecule has 3 nitrogen and oxygen atoms in total. The summed E-state index contributed by atoms with van der Waals surface area (Å²) in [6, 6.07) is 0. The van der Waals surface area contributed by atoms with Gasteiger partial charge < -0.3 is 4.74 Å². The minimum absolute atomic E-state index is 0.147. The molecule has 0 bridgehead atoms. The molecule has 0 saturated heterocycles. The standard InChI is InChI=1S/C11H14O3/c1-2-14-10-7-9(13)11(10)5-3-8(12)4-6-11/h7H,2-6H2,1H3. The molecule has 0 aromatic heterocycles. The summed E-state index contributed by atoms with van der Waals surface area (Å²) < 4.78 is 5.41. The van der Waals surface area contributed by atoms with E-state index in [0.717, 1.165) is 5.76 Å². The molecule has 1 spiro atoms. The molecule has 3 heteroatoms. The number of rotatable bonds is 2. The Morgan fingerprint density at radius 3 is 2.50 bits per heavy atom. The number of hydrogen-bond acceptors (Lipinski definition) is 3. The van der Waals surface area contributed by atoms with Gasteiger partial charge in [0, 0.05) is 18.9 Å². The lowest BCUT2D eigenvalue weighted by Crippen LogP contribution is -2.44. The first kappa shape index (κ1) is 9.44. The number of ketones is 2. The van der Waals surface area contributed by atoms with Crippen LogP contribution in [0.2, 0.25) is 0 Å². The highest BCUT2D eigenvalue weighted by molar-refractivity contribution is 6.05. The molecule has 0 amide bonds. The monoisotopic (exact) mass is 194 g/mol. The second-order valence-electron chi connectivity index (χ2n) is 3.93. The smallest absolute Gasteiger partial charge is 0.172 e. The number of Topliss-reactive ketones (excluding diaryl/α,β-unsaturated/α-hetero) is 1. The summed E-state index contributed by atoms with van der Waals surface area (Å²) in [5.41, 5.74) is -0.413. The molecule has 1 saturated carbocycles. The van der Waals surface area contributed by atoms with Crippen LogP contribution in [-0.2, 0) is 14.3 Å². The van der Waals surface area contributed by atoms with Gasteiger partial charge in [0.25, 0.3) is 0 Å². The van der Waals surface area contributed by atoms with E-state index in [9.17, 15) is 9.59 Å². The Bertz CT molecular complexity index is 304. The van der Waals surface area contributed by atoms with Crippen molar-refractivity contribution in [3.05, 3.63) is 11.8 Å². The summed E-state index contributed by atoms with van der Waals surface area (Å²) in [4.78, 5) is 22.6. The minimum atomic E-state index is -0.413. The first-order chi connectivity index (χ1) is 6.69. The summed E-state index contributed by atoms with van der Waals surface area (Å²) in [7, 11) is 0. The van der Waals surface area contributed by atoms with Crippen molar-refractivity contribution in [1.29, 1.82) is 0 Å². The van der Waals surface area contributed by atoms with Crippen molar-refractivity contribution in [3.8, 4) is 0 Å². The molecule has 2 rings (SSSR count). The van der Waals surface area contributed by atoms with Gasteiger partial charge in [0.1, 0.15) is 11.5 Å². The molecule has 2 aliphatic rings. The molecule has 0 heterocycles. The first-order valence-corrected chi connectivity index (χ1v) is 5.10. The van der Waals surface area contributed by atoms with Crippen LogP contribution < -0.4 is 0 Å². The van der Waals surface area contributed by atoms with Gasteiger partial charge in [-0.3, -0.25) is 9.59 Å². The van der Waals surface area contributed by atoms with Gasteiger partial charge in [-0.15, -0.1) is 0 Å². The molecule has 0 aliphatic heterocycles. The lowest BCUT2D eigenvalue weighted by Gasteiger charge is -2.41. The molecule has 14 heavy (non-hydrogen) atoms. The van der Waals surface area contributed by atoms with Crippen LogP contribution in [0.4, 0.5) is 0 Å². The topological polar surface area (TPSA) is 43.4 Å². The van der Waals surface area contributed by atoms with Crippen molar-refractivity contribution in [2.24, 2.45) is 5.41 Å². The Morgan fingerprint density at radius 2 is 2.00 bits per heavy atom. The maximum Gasteiger partial charge on any atom is 0.172 e. The van der Waals surface area contributed by atoms with Gasteiger partial charge in [-0.2, -0.15) is 0 Å². The van der Waals surface area contributed by atoms with E-state index in [1.807, 2.05) is 6.92 Å². The molecule has 0 aromatic rings. The van der Waals surface area contributed by atoms with E-state index >= 15 is 0 Å². The third kappa shape index (κ3) is 1.19. The zero-order valence-electron chi connectivity index (χ0n) is 8.34. The van der Waals surface area contributed by atoms with E-state index in [1.54, 1.807) is 6.08 Å². The molecule has 0 aromatic carbocycles. The largest absolute Gasteiger partial charge is 0.497 e. The van der Waals surface area contributed by atoms with Gasteiger partial charge in [-0.1, -0.05) is 0 Å². The molecule has 0 unspecified atom stereocenters. The molecule has 0 radical (unpaired) electrons. The summed E-state index contributed by atoms with van der Waals surface area (Å²) >= 11 is 0. The maximum absolute atomic E-state index is 11.5. The maximum atomic E-state index is 11.5. The zero-order valence-corrected chi connectivity index (χ0v) is 8.34. The molecule has 1 fully saturated rings. The number of carbonyl (C=O) groups excluding carboxylic acids is 2. The van der Waals surface area contributed by atoms with Gasteiger partial charge in [-0.25, -0.2) is 0 Å². The highest BCUT2D eigenvalue weighted by atomic mass is 16.5. The average Bonchev–Trinajstić information content (AvgIpc) is 2.19. The Kier molecular flexibility index (Phi) is 2.17. The lowest BCUT2D eigenvalue weighted by molar-refractivity contribution is -0.133. The van der Waals surface area contributed by atoms with Crippen molar-refractivity contribution in [3.63, 3.8) is 0 Å². The Morgan fingerprint density at radius 1 is 1.36 bits per heavy atom. The van der Waals surface area contributed by atoms with E-state index in [0.29, 0.717) is 32.3 Å². The fourth-order valence-corrected chi connectivity index (χ4v) is 2.22. The summed E-state index contributed by atoms with van der Waals surface area (Å²) in [6.07, 6.45) is 3.92. The number of hydrogen-bond donors (Lipinski definition) is 0. The van der Waals surface area contributed by atoms with Crippen LogP contribution in [0.15, 0.2) is 11.8 Å². The van der Waals surface area contributed by atoms with Crippen LogP contribution in [0.1, 0.15) is 32.6 Å². The van der Waals surface area contributed by atoms with Gasteiger partial charge in [0.05, 0.1) is 12.0 Å². The van der Waals surface area contributed by atoms with Gasteiger partial charge in [-0.05, 0) is 19.8 Å². The van der Waals surface area contributed by atoms with Crippen molar-refractivity contribution < 1.29 is 14.3 Å². The third-order valence-electron chi connectivity index (χ3n) is 3.17. The predicted octanol–water partition coefficient (Wildman–Crippen LogP) is 1.62. The van der Waals surface area contributed by atoms with Crippen LogP contribution in [0, 0.1) is 5.41 Å². The second-order valence-corrected chi connectivity index (χ2v) is 3.93. The normalized spacial score (nSPS) is 24.5. The van der Waals surface area contributed by atoms with E-state index in [-0.39, 0.29) is 11.6 Å². The van der Waals surface area contributed by atoms with E-state index < -0.39 is 5.41 Å². The first-order valence-electron chi connectivity index (χ1n) is 5.10. The van der Waals surface area contributed by atoms with Crippen LogP contribution in [0.25, 0.3) is 0 Å². The molecular weight excluding hydrogens is 180 g/mol. The molecule has 76 valence electrons. The Balaban J connectivity index is 2.13. The third-order valence-corrected chi connectivity index (χ3v) is 3.17. The second kappa shape index (κ2) is 3.23. The Labute approximate surface area is 83.1 Å². The van der Waals surface area contributed by atoms with Crippen molar-refractivity contribution in [1.82, 2.24) is 0 Å². The van der Waals surface area contributed by atoms with Crippen LogP contribution in [-0.4, -0.2) is 18.2 Å². The predicted molar refractivity (Wildman–Crippen MR) is 50.6 cm³/mol. The molecule has 2 aliphatic carbocycles. The Hall–Kier alpha value is -1.12. The van der Waals surface area contributed by atoms with Crippen LogP contribution >= 0.6 is 0 Å². The average molecular weight is 194 g/mol. The minimum Gasteiger partial charge on any atom is -0.497 e. The molecule has 0 atom stereocenters. The van der Waals surface area contributed by atoms with E-state index in [2.05, 4.69) is 0 Å². The highest BCUT2D eigenvalue weighted by Crippen LogP contribution is 2.48. The zero-order chi connectivity index (χ0) is 10.2. The van der Waals surface area contributed by atoms with Crippen molar-refractivity contribution in [2.45, 2.75) is 32.6 Å². The number of allylic oxidation sites excluding steroid dienone is 2. The fraction of sp³-hybridized carbons (Fsp3) is 0.636. The molecular formula is C11H14O3. The summed E-state index contributed by atoms with van der Waals surface area (Å²) in [6.45, 7) is 2.50. The van der Waals surface area contributed by atoms with Crippen molar-refractivity contribution in [2.75, 3.05) is 6.61 Å². The van der Waals surface area contributed by atoms with Crippen LogP contribution in [0.5, 0.6) is 0 Å². The fourth-order valence-electron chi connectivity index (χ4n) is 2.22. The summed E-state index contributed by atoms with van der Waals surface area (Å²) in [5, 5.41) is 0. The lowest BCUT2D eigenvalue weighted by atomic mass is 9.63. The quantitative estimate of drug-likeness (QED) is 0.670. The van der Waals surface area contributed by atoms with E-state index in [4.69, 9.17) is 4.74 Å². The van der Waals surface area contributed by atoms with Crippen LogP contribution in [0.3, 0.4) is 0 Å². The molecule has 0 N–H and O–H groups in total. The van der Waals surface area contributed by atoms with E-state index in [1.165, 1.54) is 0 Å². The summed E-state index contributed by atoms with van der Waals surface area (Å²) in [5.74, 6) is 1.22. The van der Waals surface area contributed by atoms with Gasteiger partial charge in [0.2, 0.25) is 0 Å².